The molecule has 1 heterocycles. The van der Waals surface area contributed by atoms with Crippen LogP contribution in [0, 0.1) is 5.92 Å². The van der Waals surface area contributed by atoms with Crippen LogP contribution in [0.25, 0.3) is 0 Å². The standard InChI is InChI=1S/C12H19BrN2O3S/c1-10(2)3-5-18-6-4-15-19(16,17)12-7-11(13)8-14-9-12/h7-10,15H,3-6H2,1-2H3. The molecule has 0 bridgehead atoms. The minimum absolute atomic E-state index is 0.143. The second-order valence-electron chi connectivity index (χ2n) is 4.53. The first-order valence-electron chi connectivity index (χ1n) is 6.10. The van der Waals surface area contributed by atoms with E-state index in [9.17, 15) is 8.42 Å². The molecule has 1 aromatic rings. The summed E-state index contributed by atoms with van der Waals surface area (Å²) in [6, 6.07) is 1.51. The molecule has 1 aromatic heterocycles. The lowest BCUT2D eigenvalue weighted by Gasteiger charge is -2.08. The summed E-state index contributed by atoms with van der Waals surface area (Å²) >= 11 is 3.19. The lowest BCUT2D eigenvalue weighted by molar-refractivity contribution is 0.128. The topological polar surface area (TPSA) is 68.3 Å². The summed E-state index contributed by atoms with van der Waals surface area (Å²) in [6.07, 6.45) is 3.82. The van der Waals surface area contributed by atoms with Crippen LogP contribution < -0.4 is 4.72 Å². The van der Waals surface area contributed by atoms with Crippen molar-refractivity contribution < 1.29 is 13.2 Å². The third-order valence-electron chi connectivity index (χ3n) is 2.37. The number of pyridine rings is 1. The van der Waals surface area contributed by atoms with Crippen LogP contribution in [0.4, 0.5) is 0 Å². The number of nitrogens with zero attached hydrogens (tertiary/aromatic N) is 1. The number of sulfonamides is 1. The summed E-state index contributed by atoms with van der Waals surface area (Å²) in [5, 5.41) is 0. The van der Waals surface area contributed by atoms with Crippen molar-refractivity contribution in [1.29, 1.82) is 0 Å². The number of ether oxygens (including phenoxy) is 1. The van der Waals surface area contributed by atoms with Gasteiger partial charge in [0, 0.05) is 30.0 Å². The van der Waals surface area contributed by atoms with Gasteiger partial charge in [-0.25, -0.2) is 13.1 Å². The van der Waals surface area contributed by atoms with Gasteiger partial charge in [0.1, 0.15) is 4.90 Å². The van der Waals surface area contributed by atoms with Gasteiger partial charge in [0.15, 0.2) is 0 Å². The summed E-state index contributed by atoms with van der Waals surface area (Å²) in [7, 11) is -3.51. The highest BCUT2D eigenvalue weighted by Crippen LogP contribution is 2.13. The molecule has 0 unspecified atom stereocenters. The second kappa shape index (κ2) is 7.94. The monoisotopic (exact) mass is 350 g/mol. The van der Waals surface area contributed by atoms with Gasteiger partial charge in [-0.05, 0) is 34.3 Å². The maximum Gasteiger partial charge on any atom is 0.242 e. The van der Waals surface area contributed by atoms with Gasteiger partial charge < -0.3 is 4.74 Å². The largest absolute Gasteiger partial charge is 0.380 e. The highest BCUT2D eigenvalue weighted by atomic mass is 79.9. The first-order valence-corrected chi connectivity index (χ1v) is 8.37. The van der Waals surface area contributed by atoms with Gasteiger partial charge in [0.2, 0.25) is 10.0 Å². The second-order valence-corrected chi connectivity index (χ2v) is 7.21. The van der Waals surface area contributed by atoms with E-state index in [1.54, 1.807) is 0 Å². The Morgan fingerprint density at radius 3 is 2.74 bits per heavy atom. The van der Waals surface area contributed by atoms with Crippen molar-refractivity contribution in [2.45, 2.75) is 25.2 Å². The third kappa shape index (κ3) is 6.47. The molecule has 19 heavy (non-hydrogen) atoms. The van der Waals surface area contributed by atoms with Crippen molar-refractivity contribution in [3.8, 4) is 0 Å². The van der Waals surface area contributed by atoms with Crippen molar-refractivity contribution in [3.05, 3.63) is 22.9 Å². The molecule has 0 aromatic carbocycles. The van der Waals surface area contributed by atoms with Crippen LogP contribution in [0.15, 0.2) is 27.8 Å². The molecule has 5 nitrogen and oxygen atoms in total. The maximum absolute atomic E-state index is 11.9. The molecule has 0 amide bonds. The van der Waals surface area contributed by atoms with Crippen LogP contribution in [-0.2, 0) is 14.8 Å². The molecule has 108 valence electrons. The van der Waals surface area contributed by atoms with Gasteiger partial charge in [-0.15, -0.1) is 0 Å². The molecular formula is C12H19BrN2O3S. The molecule has 0 aliphatic rings. The number of nitrogens with one attached hydrogen (secondary N) is 1. The van der Waals surface area contributed by atoms with Crippen LogP contribution in [0.5, 0.6) is 0 Å². The SMILES string of the molecule is CC(C)CCOCCNS(=O)(=O)c1cncc(Br)c1. The van der Waals surface area contributed by atoms with Gasteiger partial charge in [-0.1, -0.05) is 13.8 Å². The van der Waals surface area contributed by atoms with Crippen molar-refractivity contribution in [2.24, 2.45) is 5.92 Å². The van der Waals surface area contributed by atoms with Gasteiger partial charge >= 0.3 is 0 Å². The number of aromatic nitrogens is 1. The normalized spacial score (nSPS) is 12.0. The number of hydrogen-bond donors (Lipinski definition) is 1. The minimum Gasteiger partial charge on any atom is -0.380 e. The van der Waals surface area contributed by atoms with Crippen molar-refractivity contribution in [3.63, 3.8) is 0 Å². The van der Waals surface area contributed by atoms with Gasteiger partial charge in [-0.2, -0.15) is 0 Å². The van der Waals surface area contributed by atoms with E-state index in [1.165, 1.54) is 18.5 Å². The van der Waals surface area contributed by atoms with Crippen LogP contribution in [0.2, 0.25) is 0 Å². The molecule has 0 radical (unpaired) electrons. The Balaban J connectivity index is 2.36. The van der Waals surface area contributed by atoms with E-state index < -0.39 is 10.0 Å². The van der Waals surface area contributed by atoms with Crippen molar-refractivity contribution >= 4 is 26.0 Å². The van der Waals surface area contributed by atoms with Crippen LogP contribution in [0.1, 0.15) is 20.3 Å². The first kappa shape index (κ1) is 16.6. The Bertz CT molecular complexity index is 492. The van der Waals surface area contributed by atoms with Crippen LogP contribution >= 0.6 is 15.9 Å². The average Bonchev–Trinajstić information content (AvgIpc) is 2.33. The Hall–Kier alpha value is -0.500. The zero-order valence-electron chi connectivity index (χ0n) is 11.1. The number of hydrogen-bond acceptors (Lipinski definition) is 4. The summed E-state index contributed by atoms with van der Waals surface area (Å²) in [4.78, 5) is 3.97. The molecule has 0 atom stereocenters. The molecule has 0 fully saturated rings. The van der Waals surface area contributed by atoms with E-state index in [0.29, 0.717) is 23.6 Å². The number of rotatable bonds is 8. The fourth-order valence-corrected chi connectivity index (χ4v) is 2.81. The van der Waals surface area contributed by atoms with Crippen molar-refractivity contribution in [2.75, 3.05) is 19.8 Å². The van der Waals surface area contributed by atoms with Gasteiger partial charge in [-0.3, -0.25) is 4.98 Å². The van der Waals surface area contributed by atoms with E-state index in [-0.39, 0.29) is 11.4 Å². The summed E-state index contributed by atoms with van der Waals surface area (Å²) in [5.74, 6) is 0.587. The van der Waals surface area contributed by atoms with E-state index in [4.69, 9.17) is 4.74 Å². The van der Waals surface area contributed by atoms with Crippen LogP contribution in [0.3, 0.4) is 0 Å². The van der Waals surface area contributed by atoms with Crippen LogP contribution in [-0.4, -0.2) is 33.2 Å². The first-order chi connectivity index (χ1) is 8.92. The Kier molecular flexibility index (Phi) is 6.92. The van der Waals surface area contributed by atoms with Gasteiger partial charge in [0.05, 0.1) is 6.61 Å². The van der Waals surface area contributed by atoms with E-state index in [0.717, 1.165) is 6.42 Å². The molecule has 0 aliphatic heterocycles. The smallest absolute Gasteiger partial charge is 0.242 e. The molecular weight excluding hydrogens is 332 g/mol. The van der Waals surface area contributed by atoms with Gasteiger partial charge in [0.25, 0.3) is 0 Å². The zero-order valence-corrected chi connectivity index (χ0v) is 13.5. The maximum atomic E-state index is 11.9. The highest BCUT2D eigenvalue weighted by Gasteiger charge is 2.13. The van der Waals surface area contributed by atoms with E-state index >= 15 is 0 Å². The molecule has 7 heteroatoms. The molecule has 0 saturated heterocycles. The summed E-state index contributed by atoms with van der Waals surface area (Å²) in [5.41, 5.74) is 0. The Morgan fingerprint density at radius 1 is 1.37 bits per heavy atom. The molecule has 0 aliphatic carbocycles. The molecule has 1 N–H and O–H groups in total. The lowest BCUT2D eigenvalue weighted by Crippen LogP contribution is -2.27. The van der Waals surface area contributed by atoms with Crippen molar-refractivity contribution in [1.82, 2.24) is 9.71 Å². The quantitative estimate of drug-likeness (QED) is 0.729. The fraction of sp³-hybridized carbons (Fsp3) is 0.583. The highest BCUT2D eigenvalue weighted by molar-refractivity contribution is 9.10. The molecule has 0 saturated carbocycles. The van der Waals surface area contributed by atoms with E-state index in [1.807, 2.05) is 0 Å². The Morgan fingerprint density at radius 2 is 2.11 bits per heavy atom. The predicted molar refractivity (Wildman–Crippen MR) is 77.4 cm³/mol. The minimum atomic E-state index is -3.51. The zero-order chi connectivity index (χ0) is 14.3. The lowest BCUT2D eigenvalue weighted by atomic mass is 10.1. The fourth-order valence-electron chi connectivity index (χ4n) is 1.29. The summed E-state index contributed by atoms with van der Waals surface area (Å²) in [6.45, 7) is 5.51. The third-order valence-corrected chi connectivity index (χ3v) is 4.23. The molecule has 1 rings (SSSR count). The Labute approximate surface area is 122 Å². The number of halogens is 1. The van der Waals surface area contributed by atoms with E-state index in [2.05, 4.69) is 39.5 Å². The predicted octanol–water partition coefficient (Wildman–Crippen LogP) is 2.19. The average molecular weight is 351 g/mol. The molecule has 0 spiro atoms. The summed E-state index contributed by atoms with van der Waals surface area (Å²) < 4.78 is 32.2.